The lowest BCUT2D eigenvalue weighted by Gasteiger charge is -2.26. The zero-order chi connectivity index (χ0) is 26.5. The maximum Gasteiger partial charge on any atom is 0.263 e. The van der Waals surface area contributed by atoms with Crippen molar-refractivity contribution in [2.75, 3.05) is 18.5 Å². The number of ether oxygens (including phenoxy) is 2. The summed E-state index contributed by atoms with van der Waals surface area (Å²) in [7, 11) is 0. The molecule has 2 atom stereocenters. The first-order valence-corrected chi connectivity index (χ1v) is 12.8. The highest BCUT2D eigenvalue weighted by Crippen LogP contribution is 2.34. The topological polar surface area (TPSA) is 110 Å². The summed E-state index contributed by atoms with van der Waals surface area (Å²) in [5.41, 5.74) is 2.16. The number of nitrogens with one attached hydrogen (secondary N) is 1. The second-order valence-electron chi connectivity index (χ2n) is 9.02. The predicted octanol–water partition coefficient (Wildman–Crippen LogP) is 4.75. The second-order valence-corrected chi connectivity index (χ2v) is 9.43. The van der Waals surface area contributed by atoms with Crippen LogP contribution in [0.1, 0.15) is 25.5 Å². The van der Waals surface area contributed by atoms with E-state index in [1.807, 2.05) is 36.4 Å². The first kappa shape index (κ1) is 25.7. The van der Waals surface area contributed by atoms with Gasteiger partial charge in [-0.15, -0.1) is 0 Å². The van der Waals surface area contributed by atoms with Gasteiger partial charge in [0.2, 0.25) is 0 Å². The first-order chi connectivity index (χ1) is 18.5. The number of aliphatic hydroxyl groups is 1. The van der Waals surface area contributed by atoms with E-state index in [4.69, 9.17) is 21.1 Å². The fourth-order valence-corrected chi connectivity index (χ4v) is 4.76. The molecular weight excluding hydrogens is 506 g/mol. The van der Waals surface area contributed by atoms with Crippen LogP contribution in [0.15, 0.2) is 67.1 Å². The number of aliphatic hydroxyl groups excluding tert-OH is 1. The summed E-state index contributed by atoms with van der Waals surface area (Å²) in [6.07, 6.45) is 4.10. The summed E-state index contributed by atoms with van der Waals surface area (Å²) < 4.78 is 12.0. The molecule has 5 rings (SSSR count). The Labute approximate surface area is 225 Å². The summed E-state index contributed by atoms with van der Waals surface area (Å²) in [4.78, 5) is 27.8. The molecule has 1 amide bonds. The number of carbonyl (C=O) groups excluding carboxylic acids is 1. The summed E-state index contributed by atoms with van der Waals surface area (Å²) >= 11 is 6.50. The highest BCUT2D eigenvalue weighted by Gasteiger charge is 2.32. The molecule has 1 fully saturated rings. The van der Waals surface area contributed by atoms with Gasteiger partial charge < -0.3 is 24.8 Å². The third kappa shape index (κ3) is 5.64. The highest BCUT2D eigenvalue weighted by molar-refractivity contribution is 6.32. The average molecular weight is 534 g/mol. The molecule has 0 bridgehead atoms. The van der Waals surface area contributed by atoms with Crippen LogP contribution < -0.4 is 14.8 Å². The van der Waals surface area contributed by atoms with E-state index in [1.54, 1.807) is 36.2 Å². The van der Waals surface area contributed by atoms with Gasteiger partial charge in [-0.2, -0.15) is 0 Å². The third-order valence-electron chi connectivity index (χ3n) is 6.44. The quantitative estimate of drug-likeness (QED) is 0.317. The molecule has 196 valence electrons. The number of fused-ring (bicyclic) bond motifs is 1. The SMILES string of the molecule is C[C@H](Oc1cccc2ncnc(Nc3ccc(OCc4ccccn4)c(Cl)c3)c12)C(=O)N1CCC[C@H]1CO. The molecule has 0 radical (unpaired) electrons. The van der Waals surface area contributed by atoms with Gasteiger partial charge in [0.05, 0.1) is 34.3 Å². The van der Waals surface area contributed by atoms with Crippen molar-refractivity contribution < 1.29 is 19.4 Å². The van der Waals surface area contributed by atoms with Crippen LogP contribution in [0.3, 0.4) is 0 Å². The lowest BCUT2D eigenvalue weighted by Crippen LogP contribution is -2.44. The fourth-order valence-electron chi connectivity index (χ4n) is 4.53. The Bertz CT molecular complexity index is 1420. The lowest BCUT2D eigenvalue weighted by molar-refractivity contribution is -0.139. The molecule has 1 aliphatic heterocycles. The minimum absolute atomic E-state index is 0.0514. The molecule has 1 aliphatic rings. The minimum Gasteiger partial charge on any atom is -0.486 e. The summed E-state index contributed by atoms with van der Waals surface area (Å²) in [5.74, 6) is 1.37. The van der Waals surface area contributed by atoms with E-state index in [1.165, 1.54) is 6.33 Å². The van der Waals surface area contributed by atoms with Crippen LogP contribution in [0.25, 0.3) is 10.9 Å². The molecular formula is C28H28ClN5O4. The average Bonchev–Trinajstić information content (AvgIpc) is 3.42. The number of aromatic nitrogens is 3. The molecule has 4 aromatic rings. The van der Waals surface area contributed by atoms with Gasteiger partial charge in [0.15, 0.2) is 6.10 Å². The maximum atomic E-state index is 13.1. The monoisotopic (exact) mass is 533 g/mol. The number of amides is 1. The van der Waals surface area contributed by atoms with Gasteiger partial charge in [-0.3, -0.25) is 9.78 Å². The molecule has 2 aromatic carbocycles. The Balaban J connectivity index is 1.35. The molecule has 0 unspecified atom stereocenters. The van der Waals surface area contributed by atoms with E-state index < -0.39 is 6.10 Å². The summed E-state index contributed by atoms with van der Waals surface area (Å²) in [6.45, 7) is 2.59. The number of hydrogen-bond acceptors (Lipinski definition) is 8. The Morgan fingerprint density at radius 3 is 2.84 bits per heavy atom. The molecule has 10 heteroatoms. The van der Waals surface area contributed by atoms with E-state index in [-0.39, 0.29) is 18.6 Å². The van der Waals surface area contributed by atoms with Crippen molar-refractivity contribution in [3.8, 4) is 11.5 Å². The molecule has 0 spiro atoms. The second kappa shape index (κ2) is 11.6. The van der Waals surface area contributed by atoms with Crippen LogP contribution >= 0.6 is 11.6 Å². The Kier molecular flexibility index (Phi) is 7.86. The molecule has 38 heavy (non-hydrogen) atoms. The molecule has 3 heterocycles. The fraction of sp³-hybridized carbons (Fsp3) is 0.286. The van der Waals surface area contributed by atoms with Crippen LogP contribution in [0.5, 0.6) is 11.5 Å². The Hall–Kier alpha value is -3.95. The van der Waals surface area contributed by atoms with Crippen molar-refractivity contribution >= 4 is 39.9 Å². The zero-order valence-electron chi connectivity index (χ0n) is 20.9. The minimum atomic E-state index is -0.745. The number of anilines is 2. The van der Waals surface area contributed by atoms with E-state index in [2.05, 4.69) is 20.3 Å². The number of halogens is 1. The number of nitrogens with zero attached hydrogens (tertiary/aromatic N) is 4. The van der Waals surface area contributed by atoms with Gasteiger partial charge in [-0.1, -0.05) is 23.7 Å². The van der Waals surface area contributed by atoms with Gasteiger partial charge in [0.1, 0.15) is 30.3 Å². The summed E-state index contributed by atoms with van der Waals surface area (Å²) in [5, 5.41) is 14.0. The number of likely N-dealkylation sites (tertiary alicyclic amines) is 1. The molecule has 0 aliphatic carbocycles. The molecule has 0 saturated carbocycles. The van der Waals surface area contributed by atoms with E-state index in [9.17, 15) is 9.90 Å². The first-order valence-electron chi connectivity index (χ1n) is 12.4. The maximum absolute atomic E-state index is 13.1. The Morgan fingerprint density at radius 2 is 2.05 bits per heavy atom. The van der Waals surface area contributed by atoms with Gasteiger partial charge >= 0.3 is 0 Å². The molecule has 1 saturated heterocycles. The molecule has 2 N–H and O–H groups in total. The van der Waals surface area contributed by atoms with Crippen molar-refractivity contribution in [3.63, 3.8) is 0 Å². The van der Waals surface area contributed by atoms with Gasteiger partial charge in [-0.25, -0.2) is 9.97 Å². The van der Waals surface area contributed by atoms with Gasteiger partial charge in [0, 0.05) is 18.4 Å². The van der Waals surface area contributed by atoms with Crippen LogP contribution in [-0.4, -0.2) is 56.2 Å². The van der Waals surface area contributed by atoms with Crippen molar-refractivity contribution in [3.05, 3.63) is 77.8 Å². The normalized spacial score (nSPS) is 15.9. The van der Waals surface area contributed by atoms with Crippen molar-refractivity contribution in [2.24, 2.45) is 0 Å². The third-order valence-corrected chi connectivity index (χ3v) is 6.74. The van der Waals surface area contributed by atoms with E-state index >= 15 is 0 Å². The van der Waals surface area contributed by atoms with Crippen molar-refractivity contribution in [2.45, 2.75) is 38.5 Å². The van der Waals surface area contributed by atoms with Gasteiger partial charge in [-0.05, 0) is 62.2 Å². The Morgan fingerprint density at radius 1 is 1.16 bits per heavy atom. The largest absolute Gasteiger partial charge is 0.486 e. The highest BCUT2D eigenvalue weighted by atomic mass is 35.5. The van der Waals surface area contributed by atoms with Gasteiger partial charge in [0.25, 0.3) is 5.91 Å². The number of rotatable bonds is 9. The lowest BCUT2D eigenvalue weighted by atomic mass is 10.2. The van der Waals surface area contributed by atoms with Crippen LogP contribution in [0, 0.1) is 0 Å². The van der Waals surface area contributed by atoms with E-state index in [0.717, 1.165) is 18.5 Å². The standard InChI is InChI=1S/C28H28ClN5O4/c1-18(28(36)34-13-5-7-21(34)15-35)38-25-9-4-8-23-26(25)27(32-17-31-23)33-19-10-11-24(22(29)14-19)37-16-20-6-2-3-12-30-20/h2-4,6,8-12,14,17-18,21,35H,5,7,13,15-16H2,1H3,(H,31,32,33)/t18-,21-/m0/s1. The smallest absolute Gasteiger partial charge is 0.263 e. The predicted molar refractivity (Wildman–Crippen MR) is 145 cm³/mol. The van der Waals surface area contributed by atoms with Crippen LogP contribution in [0.4, 0.5) is 11.5 Å². The zero-order valence-corrected chi connectivity index (χ0v) is 21.6. The van der Waals surface area contributed by atoms with Crippen molar-refractivity contribution in [1.82, 2.24) is 19.9 Å². The number of benzene rings is 2. The summed E-state index contributed by atoms with van der Waals surface area (Å²) in [6, 6.07) is 16.3. The number of hydrogen-bond donors (Lipinski definition) is 2. The van der Waals surface area contributed by atoms with Crippen molar-refractivity contribution in [1.29, 1.82) is 0 Å². The number of pyridine rings is 1. The number of carbonyl (C=O) groups is 1. The van der Waals surface area contributed by atoms with Crippen LogP contribution in [-0.2, 0) is 11.4 Å². The molecule has 2 aromatic heterocycles. The van der Waals surface area contributed by atoms with Crippen LogP contribution in [0.2, 0.25) is 5.02 Å². The van der Waals surface area contributed by atoms with E-state index in [0.29, 0.717) is 52.1 Å². The molecule has 9 nitrogen and oxygen atoms in total.